The number of rotatable bonds is 2. The molecule has 0 unspecified atom stereocenters. The van der Waals surface area contributed by atoms with Crippen LogP contribution in [0.1, 0.15) is 11.6 Å². The van der Waals surface area contributed by atoms with Gasteiger partial charge in [0.05, 0.1) is 13.0 Å². The Balaban J connectivity index is 2.22. The Morgan fingerprint density at radius 3 is 3.00 bits per heavy atom. The third-order valence-electron chi connectivity index (χ3n) is 3.08. The van der Waals surface area contributed by atoms with Crippen LogP contribution < -0.4 is 5.32 Å². The van der Waals surface area contributed by atoms with E-state index in [1.807, 2.05) is 19.3 Å². The molecular formula is C11H16N2O2. The molecular weight excluding hydrogens is 192 g/mol. The molecule has 4 nitrogen and oxygen atoms in total. The highest BCUT2D eigenvalue weighted by molar-refractivity contribution is 5.74. The Labute approximate surface area is 89.2 Å². The monoisotopic (exact) mass is 208 g/mol. The molecule has 4 heteroatoms. The molecule has 0 spiro atoms. The van der Waals surface area contributed by atoms with Gasteiger partial charge in [-0.05, 0) is 12.1 Å². The number of ether oxygens (including phenoxy) is 1. The molecule has 0 amide bonds. The van der Waals surface area contributed by atoms with Gasteiger partial charge in [-0.1, -0.05) is 0 Å². The van der Waals surface area contributed by atoms with Crippen molar-refractivity contribution in [3.8, 4) is 0 Å². The van der Waals surface area contributed by atoms with Crippen LogP contribution >= 0.6 is 0 Å². The predicted molar refractivity (Wildman–Crippen MR) is 56.5 cm³/mol. The summed E-state index contributed by atoms with van der Waals surface area (Å²) < 4.78 is 6.88. The summed E-state index contributed by atoms with van der Waals surface area (Å²) in [7, 11) is 3.45. The second-order valence-corrected chi connectivity index (χ2v) is 3.94. The van der Waals surface area contributed by atoms with Crippen molar-refractivity contribution in [1.29, 1.82) is 0 Å². The molecule has 1 fully saturated rings. The van der Waals surface area contributed by atoms with E-state index in [0.717, 1.165) is 6.54 Å². The number of carbonyl (C=O) groups excluding carboxylic acids is 1. The number of esters is 1. The Bertz CT molecular complexity index is 359. The summed E-state index contributed by atoms with van der Waals surface area (Å²) in [5, 5.41) is 3.24. The predicted octanol–water partition coefficient (Wildman–Crippen LogP) is 0.501. The average molecular weight is 208 g/mol. The van der Waals surface area contributed by atoms with Crippen molar-refractivity contribution in [3.63, 3.8) is 0 Å². The number of hydrogen-bond acceptors (Lipinski definition) is 3. The fourth-order valence-electron chi connectivity index (χ4n) is 2.25. The lowest BCUT2D eigenvalue weighted by molar-refractivity contribution is -0.145. The van der Waals surface area contributed by atoms with Crippen LogP contribution in [0.3, 0.4) is 0 Å². The van der Waals surface area contributed by atoms with E-state index in [1.54, 1.807) is 0 Å². The first kappa shape index (κ1) is 10.2. The number of nitrogens with one attached hydrogen (secondary N) is 1. The molecule has 0 aromatic carbocycles. The first-order valence-corrected chi connectivity index (χ1v) is 5.14. The van der Waals surface area contributed by atoms with Crippen LogP contribution in [0.2, 0.25) is 0 Å². The number of nitrogens with zero attached hydrogens (tertiary/aromatic N) is 1. The highest BCUT2D eigenvalue weighted by Gasteiger charge is 2.35. The number of aromatic nitrogens is 1. The lowest BCUT2D eigenvalue weighted by Gasteiger charge is -2.17. The molecule has 2 rings (SSSR count). The van der Waals surface area contributed by atoms with Crippen LogP contribution in [0.4, 0.5) is 0 Å². The zero-order valence-electron chi connectivity index (χ0n) is 9.06. The number of aryl methyl sites for hydroxylation is 1. The Morgan fingerprint density at radius 2 is 2.40 bits per heavy atom. The molecule has 2 heterocycles. The Hall–Kier alpha value is -1.29. The summed E-state index contributed by atoms with van der Waals surface area (Å²) in [6, 6.07) is 4.07. The van der Waals surface area contributed by atoms with E-state index in [9.17, 15) is 4.79 Å². The normalized spacial score (nSPS) is 25.5. The van der Waals surface area contributed by atoms with Crippen LogP contribution in [0, 0.1) is 5.92 Å². The molecule has 1 aliphatic heterocycles. The van der Waals surface area contributed by atoms with Crippen molar-refractivity contribution in [2.45, 2.75) is 5.92 Å². The molecule has 0 radical (unpaired) electrons. The molecule has 2 atom stereocenters. The summed E-state index contributed by atoms with van der Waals surface area (Å²) in [4.78, 5) is 11.6. The lowest BCUT2D eigenvalue weighted by atomic mass is 9.93. The lowest BCUT2D eigenvalue weighted by Crippen LogP contribution is -2.23. The summed E-state index contributed by atoms with van der Waals surface area (Å²) in [6.07, 6.45) is 2.00. The molecule has 1 aromatic rings. The van der Waals surface area contributed by atoms with Crippen LogP contribution in [0.5, 0.6) is 0 Å². The van der Waals surface area contributed by atoms with Crippen molar-refractivity contribution < 1.29 is 9.53 Å². The molecule has 0 bridgehead atoms. The minimum absolute atomic E-state index is 0.0522. The molecule has 15 heavy (non-hydrogen) atoms. The molecule has 1 N–H and O–H groups in total. The van der Waals surface area contributed by atoms with E-state index < -0.39 is 0 Å². The number of hydrogen-bond donors (Lipinski definition) is 1. The number of carbonyl (C=O) groups is 1. The Morgan fingerprint density at radius 1 is 1.60 bits per heavy atom. The van der Waals surface area contributed by atoms with Gasteiger partial charge in [0.1, 0.15) is 0 Å². The first-order chi connectivity index (χ1) is 7.24. The van der Waals surface area contributed by atoms with Gasteiger partial charge in [0.25, 0.3) is 0 Å². The maximum atomic E-state index is 11.6. The molecule has 1 aliphatic rings. The molecule has 0 aliphatic carbocycles. The SMILES string of the molecule is COC(=O)[C@@H]1CNC[C@@H]1c1cccn1C. The van der Waals surface area contributed by atoms with Gasteiger partial charge in [-0.3, -0.25) is 4.79 Å². The summed E-state index contributed by atoms with van der Waals surface area (Å²) >= 11 is 0. The topological polar surface area (TPSA) is 43.3 Å². The van der Waals surface area contributed by atoms with Gasteiger partial charge >= 0.3 is 5.97 Å². The molecule has 0 saturated carbocycles. The van der Waals surface area contributed by atoms with Gasteiger partial charge in [-0.15, -0.1) is 0 Å². The second kappa shape index (κ2) is 4.06. The van der Waals surface area contributed by atoms with E-state index in [0.29, 0.717) is 6.54 Å². The van der Waals surface area contributed by atoms with Crippen molar-refractivity contribution >= 4 is 5.97 Å². The average Bonchev–Trinajstić information content (AvgIpc) is 2.84. The zero-order valence-corrected chi connectivity index (χ0v) is 9.06. The van der Waals surface area contributed by atoms with E-state index in [1.165, 1.54) is 12.8 Å². The Kier molecular flexibility index (Phi) is 2.77. The van der Waals surface area contributed by atoms with Gasteiger partial charge in [-0.25, -0.2) is 0 Å². The third kappa shape index (κ3) is 1.77. The number of methoxy groups -OCH3 is 1. The summed E-state index contributed by atoms with van der Waals surface area (Å²) in [5.41, 5.74) is 1.19. The van der Waals surface area contributed by atoms with Crippen molar-refractivity contribution in [2.75, 3.05) is 20.2 Å². The molecule has 1 aromatic heterocycles. The maximum absolute atomic E-state index is 11.6. The smallest absolute Gasteiger partial charge is 0.310 e. The van der Waals surface area contributed by atoms with E-state index >= 15 is 0 Å². The van der Waals surface area contributed by atoms with Gasteiger partial charge in [-0.2, -0.15) is 0 Å². The molecule has 82 valence electrons. The first-order valence-electron chi connectivity index (χ1n) is 5.14. The van der Waals surface area contributed by atoms with Crippen molar-refractivity contribution in [3.05, 3.63) is 24.0 Å². The molecule has 1 saturated heterocycles. The maximum Gasteiger partial charge on any atom is 0.310 e. The van der Waals surface area contributed by atoms with E-state index in [2.05, 4.69) is 16.0 Å². The van der Waals surface area contributed by atoms with Crippen molar-refractivity contribution in [1.82, 2.24) is 9.88 Å². The van der Waals surface area contributed by atoms with Crippen molar-refractivity contribution in [2.24, 2.45) is 13.0 Å². The van der Waals surface area contributed by atoms with Crippen LogP contribution in [0.25, 0.3) is 0 Å². The van der Waals surface area contributed by atoms with Gasteiger partial charge < -0.3 is 14.6 Å². The van der Waals surface area contributed by atoms with E-state index in [-0.39, 0.29) is 17.8 Å². The van der Waals surface area contributed by atoms with E-state index in [4.69, 9.17) is 4.74 Å². The largest absolute Gasteiger partial charge is 0.469 e. The summed E-state index contributed by atoms with van der Waals surface area (Å²) in [5.74, 6) is 0.0623. The minimum atomic E-state index is -0.119. The van der Waals surface area contributed by atoms with Crippen LogP contribution in [0.15, 0.2) is 18.3 Å². The highest BCUT2D eigenvalue weighted by atomic mass is 16.5. The van der Waals surface area contributed by atoms with Crippen LogP contribution in [-0.4, -0.2) is 30.7 Å². The van der Waals surface area contributed by atoms with Gasteiger partial charge in [0.15, 0.2) is 0 Å². The second-order valence-electron chi connectivity index (χ2n) is 3.94. The zero-order chi connectivity index (χ0) is 10.8. The quantitative estimate of drug-likeness (QED) is 0.720. The standard InChI is InChI=1S/C11H16N2O2/c1-13-5-3-4-10(13)8-6-12-7-9(8)11(14)15-2/h3-5,8-9,12H,6-7H2,1-2H3/t8-,9+/m0/s1. The minimum Gasteiger partial charge on any atom is -0.469 e. The fourth-order valence-corrected chi connectivity index (χ4v) is 2.25. The third-order valence-corrected chi connectivity index (χ3v) is 3.08. The van der Waals surface area contributed by atoms with Gasteiger partial charge in [0, 0.05) is 37.9 Å². The fraction of sp³-hybridized carbons (Fsp3) is 0.545. The van der Waals surface area contributed by atoms with Crippen LogP contribution in [-0.2, 0) is 16.6 Å². The summed E-state index contributed by atoms with van der Waals surface area (Å²) in [6.45, 7) is 1.56. The highest BCUT2D eigenvalue weighted by Crippen LogP contribution is 2.28. The van der Waals surface area contributed by atoms with Gasteiger partial charge in [0.2, 0.25) is 0 Å².